The number of hydrogen-bond donors (Lipinski definition) is 0. The van der Waals surface area contributed by atoms with Gasteiger partial charge in [0.05, 0.1) is 12.5 Å². The van der Waals surface area contributed by atoms with Crippen LogP contribution >= 0.6 is 0 Å². The summed E-state index contributed by atoms with van der Waals surface area (Å²) in [4.78, 5) is 31.5. The van der Waals surface area contributed by atoms with Gasteiger partial charge < -0.3 is 14.5 Å². The third-order valence-electron chi connectivity index (χ3n) is 6.28. The maximum atomic E-state index is 12.8. The molecule has 0 aromatic heterocycles. The van der Waals surface area contributed by atoms with Gasteiger partial charge in [0.15, 0.2) is 0 Å². The Labute approximate surface area is 179 Å². The van der Waals surface area contributed by atoms with Crippen LogP contribution in [0.25, 0.3) is 0 Å². The van der Waals surface area contributed by atoms with Gasteiger partial charge in [-0.3, -0.25) is 14.5 Å². The lowest BCUT2D eigenvalue weighted by Crippen LogP contribution is -2.44. The quantitative estimate of drug-likeness (QED) is 0.684. The summed E-state index contributed by atoms with van der Waals surface area (Å²) in [6.45, 7) is 4.35. The van der Waals surface area contributed by atoms with Crippen molar-refractivity contribution >= 4 is 11.8 Å². The Balaban J connectivity index is 1.27. The molecule has 1 aliphatic carbocycles. The van der Waals surface area contributed by atoms with E-state index in [1.165, 1.54) is 37.1 Å². The van der Waals surface area contributed by atoms with E-state index in [0.717, 1.165) is 32.5 Å². The molecule has 2 saturated heterocycles. The maximum absolute atomic E-state index is 12.8. The normalized spacial score (nSPS) is 23.2. The number of rotatable bonds is 6. The van der Waals surface area contributed by atoms with Crippen molar-refractivity contribution in [2.75, 3.05) is 39.3 Å². The molecule has 2 amide bonds. The Morgan fingerprint density at radius 1 is 1.00 bits per heavy atom. The van der Waals surface area contributed by atoms with E-state index in [-0.39, 0.29) is 30.0 Å². The maximum Gasteiger partial charge on any atom is 0.573 e. The molecule has 170 valence electrons. The zero-order valence-electron chi connectivity index (χ0n) is 17.4. The molecule has 3 aliphatic rings. The number of carbonyl (C=O) groups is 2. The minimum absolute atomic E-state index is 0.0561. The minimum Gasteiger partial charge on any atom is -0.406 e. The second-order valence-corrected chi connectivity index (χ2v) is 8.67. The molecule has 4 rings (SSSR count). The lowest BCUT2D eigenvalue weighted by molar-refractivity contribution is -0.274. The van der Waals surface area contributed by atoms with Crippen LogP contribution in [0.1, 0.15) is 31.2 Å². The molecule has 2 heterocycles. The topological polar surface area (TPSA) is 53.1 Å². The van der Waals surface area contributed by atoms with Gasteiger partial charge >= 0.3 is 6.36 Å². The molecule has 6 nitrogen and oxygen atoms in total. The summed E-state index contributed by atoms with van der Waals surface area (Å²) in [6, 6.07) is 5.33. The van der Waals surface area contributed by atoms with Crippen molar-refractivity contribution in [2.45, 2.75) is 44.5 Å². The highest BCUT2D eigenvalue weighted by molar-refractivity contribution is 5.84. The second-order valence-electron chi connectivity index (χ2n) is 8.67. The Bertz CT molecular complexity index is 795. The summed E-state index contributed by atoms with van der Waals surface area (Å²) < 4.78 is 40.7. The van der Waals surface area contributed by atoms with E-state index in [1.54, 1.807) is 4.90 Å². The molecule has 0 bridgehead atoms. The number of likely N-dealkylation sites (tertiary alicyclic amines) is 1. The number of alkyl halides is 3. The van der Waals surface area contributed by atoms with Crippen LogP contribution in [0.3, 0.4) is 0 Å². The van der Waals surface area contributed by atoms with Crippen molar-refractivity contribution in [3.8, 4) is 5.75 Å². The Morgan fingerprint density at radius 3 is 2.42 bits per heavy atom. The molecule has 3 fully saturated rings. The van der Waals surface area contributed by atoms with Crippen LogP contribution in [0.4, 0.5) is 13.2 Å². The lowest BCUT2D eigenvalue weighted by atomic mass is 10.1. The predicted octanol–water partition coefficient (Wildman–Crippen LogP) is 2.67. The number of carbonyl (C=O) groups excluding carboxylic acids is 2. The monoisotopic (exact) mass is 439 g/mol. The highest BCUT2D eigenvalue weighted by Crippen LogP contribution is 2.32. The Hall–Kier alpha value is -2.29. The van der Waals surface area contributed by atoms with Gasteiger partial charge in [0.2, 0.25) is 11.8 Å². The van der Waals surface area contributed by atoms with E-state index >= 15 is 0 Å². The van der Waals surface area contributed by atoms with Gasteiger partial charge in [-0.05, 0) is 49.3 Å². The van der Waals surface area contributed by atoms with E-state index in [9.17, 15) is 22.8 Å². The summed E-state index contributed by atoms with van der Waals surface area (Å²) in [5, 5.41) is 0. The van der Waals surface area contributed by atoms with Gasteiger partial charge in [-0.2, -0.15) is 0 Å². The van der Waals surface area contributed by atoms with Crippen molar-refractivity contribution in [2.24, 2.45) is 5.92 Å². The molecule has 0 N–H and O–H groups in total. The zero-order valence-corrected chi connectivity index (χ0v) is 17.4. The summed E-state index contributed by atoms with van der Waals surface area (Å²) in [7, 11) is 0. The van der Waals surface area contributed by atoms with E-state index in [2.05, 4.69) is 9.64 Å². The number of ether oxygens (including phenoxy) is 1. The van der Waals surface area contributed by atoms with Crippen molar-refractivity contribution < 1.29 is 27.5 Å². The van der Waals surface area contributed by atoms with E-state index < -0.39 is 6.36 Å². The van der Waals surface area contributed by atoms with Gasteiger partial charge in [-0.15, -0.1) is 13.2 Å². The first-order valence-corrected chi connectivity index (χ1v) is 10.9. The number of nitrogens with zero attached hydrogens (tertiary/aromatic N) is 3. The standard InChI is InChI=1S/C22H28F3N3O3/c23-22(24,25)31-18-6-4-16(5-7-18)14-20(29)27-10-1-9-26(12-13-27)19-8-11-28(21(19)30)15-17-2-3-17/h4-7,17,19H,1-3,8-15H2. The first-order chi connectivity index (χ1) is 14.8. The van der Waals surface area contributed by atoms with Gasteiger partial charge in [-0.25, -0.2) is 0 Å². The van der Waals surface area contributed by atoms with Gasteiger partial charge in [0.1, 0.15) is 5.75 Å². The molecule has 0 radical (unpaired) electrons. The minimum atomic E-state index is -4.73. The van der Waals surface area contributed by atoms with Crippen molar-refractivity contribution in [1.82, 2.24) is 14.7 Å². The molecule has 2 aliphatic heterocycles. The largest absolute Gasteiger partial charge is 0.573 e. The second kappa shape index (κ2) is 9.06. The van der Waals surface area contributed by atoms with E-state index in [4.69, 9.17) is 0 Å². The van der Waals surface area contributed by atoms with Gasteiger partial charge in [-0.1, -0.05) is 12.1 Å². The fourth-order valence-corrected chi connectivity index (χ4v) is 4.45. The van der Waals surface area contributed by atoms with Gasteiger partial charge in [0.25, 0.3) is 0 Å². The third-order valence-corrected chi connectivity index (χ3v) is 6.28. The first-order valence-electron chi connectivity index (χ1n) is 10.9. The SMILES string of the molecule is O=C(Cc1ccc(OC(F)(F)F)cc1)N1CCCN(C2CCN(CC3CC3)C2=O)CC1. The molecule has 1 unspecified atom stereocenters. The Morgan fingerprint density at radius 2 is 1.74 bits per heavy atom. The summed E-state index contributed by atoms with van der Waals surface area (Å²) >= 11 is 0. The summed E-state index contributed by atoms with van der Waals surface area (Å²) in [5.41, 5.74) is 0.641. The summed E-state index contributed by atoms with van der Waals surface area (Å²) in [5.74, 6) is 0.562. The predicted molar refractivity (Wildman–Crippen MR) is 107 cm³/mol. The third kappa shape index (κ3) is 5.90. The van der Waals surface area contributed by atoms with E-state index in [0.29, 0.717) is 31.1 Å². The summed E-state index contributed by atoms with van der Waals surface area (Å²) in [6.07, 6.45) is -0.488. The lowest BCUT2D eigenvalue weighted by Gasteiger charge is -2.26. The van der Waals surface area contributed by atoms with Crippen molar-refractivity contribution in [1.29, 1.82) is 0 Å². The average molecular weight is 439 g/mol. The molecular formula is C22H28F3N3O3. The Kier molecular flexibility index (Phi) is 6.41. The van der Waals surface area contributed by atoms with Crippen LogP contribution in [0.5, 0.6) is 5.75 Å². The van der Waals surface area contributed by atoms with Crippen molar-refractivity contribution in [3.05, 3.63) is 29.8 Å². The number of amides is 2. The van der Waals surface area contributed by atoms with E-state index in [1.807, 2.05) is 4.90 Å². The highest BCUT2D eigenvalue weighted by atomic mass is 19.4. The number of benzene rings is 1. The fraction of sp³-hybridized carbons (Fsp3) is 0.636. The van der Waals surface area contributed by atoms with Crippen LogP contribution in [0, 0.1) is 5.92 Å². The van der Waals surface area contributed by atoms with Crippen molar-refractivity contribution in [3.63, 3.8) is 0 Å². The molecule has 1 aromatic carbocycles. The molecular weight excluding hydrogens is 411 g/mol. The first kappa shape index (κ1) is 21.9. The average Bonchev–Trinajstić information content (AvgIpc) is 3.49. The smallest absolute Gasteiger partial charge is 0.406 e. The number of hydrogen-bond acceptors (Lipinski definition) is 4. The van der Waals surface area contributed by atoms with Gasteiger partial charge in [0, 0.05) is 39.3 Å². The molecule has 9 heteroatoms. The molecule has 1 atom stereocenters. The molecule has 1 aromatic rings. The van der Waals surface area contributed by atoms with Crippen LogP contribution in [-0.2, 0) is 16.0 Å². The molecule has 31 heavy (non-hydrogen) atoms. The molecule has 0 spiro atoms. The fourth-order valence-electron chi connectivity index (χ4n) is 4.45. The van der Waals surface area contributed by atoms with Crippen LogP contribution in [-0.4, -0.2) is 78.2 Å². The van der Waals surface area contributed by atoms with Crippen LogP contribution in [0.2, 0.25) is 0 Å². The van der Waals surface area contributed by atoms with Crippen LogP contribution in [0.15, 0.2) is 24.3 Å². The highest BCUT2D eigenvalue weighted by Gasteiger charge is 2.38. The molecule has 1 saturated carbocycles. The zero-order chi connectivity index (χ0) is 22.0. The number of halogens is 3. The van der Waals surface area contributed by atoms with Crippen LogP contribution < -0.4 is 4.74 Å².